The molecule has 0 unspecified atom stereocenters. The van der Waals surface area contributed by atoms with Gasteiger partial charge in [-0.1, -0.05) is 84.9 Å². The van der Waals surface area contributed by atoms with Crippen LogP contribution in [0.1, 0.15) is 5.56 Å². The molecule has 0 spiro atoms. The molecule has 42 heavy (non-hydrogen) atoms. The third-order valence-electron chi connectivity index (χ3n) is 6.98. The predicted octanol–water partition coefficient (Wildman–Crippen LogP) is 8.02. The van der Waals surface area contributed by atoms with Crippen molar-refractivity contribution in [3.05, 3.63) is 139 Å². The van der Waals surface area contributed by atoms with Crippen molar-refractivity contribution >= 4 is 11.0 Å². The second kappa shape index (κ2) is 10.8. The van der Waals surface area contributed by atoms with Gasteiger partial charge in [-0.15, -0.1) is 0 Å². The Kier molecular flexibility index (Phi) is 6.44. The zero-order chi connectivity index (χ0) is 28.3. The number of nitrogens with zero attached hydrogens (tertiary/aromatic N) is 6. The monoisotopic (exact) mass is 538 g/mol. The molecule has 0 radical (unpaired) electrons. The van der Waals surface area contributed by atoms with Crippen molar-refractivity contribution in [1.29, 1.82) is 5.26 Å². The maximum atomic E-state index is 9.57. The standard InChI is InChI=1S/C36H22N6/c37-23-24-9-8-12-28(21-24)34-35(40-31-15-5-4-14-30(31)39-34)36-41-32(25-10-2-1-3-11-25)22-33(42-36)27-18-16-26(17-19-27)29-13-6-7-20-38-29/h1-22H. The Morgan fingerprint density at radius 3 is 1.71 bits per heavy atom. The highest BCUT2D eigenvalue weighted by Gasteiger charge is 2.19. The first kappa shape index (κ1) is 24.9. The van der Waals surface area contributed by atoms with E-state index in [9.17, 15) is 5.26 Å². The van der Waals surface area contributed by atoms with E-state index in [-0.39, 0.29) is 0 Å². The molecule has 196 valence electrons. The average molecular weight is 539 g/mol. The molecule has 0 bridgehead atoms. The fourth-order valence-electron chi connectivity index (χ4n) is 4.90. The van der Waals surface area contributed by atoms with E-state index in [1.807, 2.05) is 109 Å². The van der Waals surface area contributed by atoms with Crippen molar-refractivity contribution in [2.75, 3.05) is 0 Å². The van der Waals surface area contributed by atoms with Crippen molar-refractivity contribution < 1.29 is 0 Å². The molecule has 3 aromatic heterocycles. The van der Waals surface area contributed by atoms with Gasteiger partial charge in [0, 0.05) is 28.5 Å². The van der Waals surface area contributed by atoms with Gasteiger partial charge in [0.15, 0.2) is 5.82 Å². The first-order valence-electron chi connectivity index (χ1n) is 13.5. The number of aromatic nitrogens is 5. The fourth-order valence-corrected chi connectivity index (χ4v) is 4.90. The molecule has 7 aromatic rings. The Balaban J connectivity index is 1.44. The number of para-hydroxylation sites is 2. The number of rotatable bonds is 5. The molecular formula is C36H22N6. The minimum Gasteiger partial charge on any atom is -0.256 e. The van der Waals surface area contributed by atoms with Gasteiger partial charge in [-0.3, -0.25) is 4.98 Å². The van der Waals surface area contributed by atoms with E-state index in [0.717, 1.165) is 50.4 Å². The molecule has 0 amide bonds. The molecule has 0 saturated heterocycles. The highest BCUT2D eigenvalue weighted by Crippen LogP contribution is 2.33. The Hall–Kier alpha value is -6.06. The van der Waals surface area contributed by atoms with E-state index in [1.165, 1.54) is 0 Å². The second-order valence-electron chi connectivity index (χ2n) is 9.72. The summed E-state index contributed by atoms with van der Waals surface area (Å²) in [4.78, 5) is 24.5. The van der Waals surface area contributed by atoms with Gasteiger partial charge >= 0.3 is 0 Å². The van der Waals surface area contributed by atoms with Crippen molar-refractivity contribution in [3.63, 3.8) is 0 Å². The van der Waals surface area contributed by atoms with E-state index >= 15 is 0 Å². The van der Waals surface area contributed by atoms with Crippen molar-refractivity contribution in [2.45, 2.75) is 0 Å². The Morgan fingerprint density at radius 2 is 1.05 bits per heavy atom. The molecular weight excluding hydrogens is 516 g/mol. The summed E-state index contributed by atoms with van der Waals surface area (Å²) in [6.45, 7) is 0. The van der Waals surface area contributed by atoms with Crippen molar-refractivity contribution in [2.24, 2.45) is 0 Å². The van der Waals surface area contributed by atoms with E-state index in [0.29, 0.717) is 22.8 Å². The number of nitriles is 1. The second-order valence-corrected chi connectivity index (χ2v) is 9.72. The van der Waals surface area contributed by atoms with Crippen LogP contribution in [0.5, 0.6) is 0 Å². The molecule has 7 rings (SSSR count). The number of pyridine rings is 1. The third-order valence-corrected chi connectivity index (χ3v) is 6.98. The first-order chi connectivity index (χ1) is 20.7. The lowest BCUT2D eigenvalue weighted by Gasteiger charge is -2.13. The summed E-state index contributed by atoms with van der Waals surface area (Å²) >= 11 is 0. The largest absolute Gasteiger partial charge is 0.256 e. The van der Waals surface area contributed by atoms with Crippen LogP contribution in [0.3, 0.4) is 0 Å². The fraction of sp³-hybridized carbons (Fsp3) is 0. The van der Waals surface area contributed by atoms with Crippen molar-refractivity contribution in [3.8, 4) is 62.6 Å². The van der Waals surface area contributed by atoms with Crippen LogP contribution < -0.4 is 0 Å². The molecule has 4 aromatic carbocycles. The normalized spacial score (nSPS) is 10.8. The summed E-state index contributed by atoms with van der Waals surface area (Å²) in [6, 6.07) is 43.5. The third kappa shape index (κ3) is 4.87. The van der Waals surface area contributed by atoms with Gasteiger partial charge in [0.25, 0.3) is 0 Å². The SMILES string of the molecule is N#Cc1cccc(-c2nc3ccccc3nc2-c2nc(-c3ccccc3)cc(-c3ccc(-c4ccccn4)cc3)n2)c1. The lowest BCUT2D eigenvalue weighted by atomic mass is 10.0. The number of hydrogen-bond acceptors (Lipinski definition) is 6. The highest BCUT2D eigenvalue weighted by molar-refractivity contribution is 5.86. The molecule has 0 N–H and O–H groups in total. The van der Waals surface area contributed by atoms with E-state index in [2.05, 4.69) is 23.2 Å². The zero-order valence-electron chi connectivity index (χ0n) is 22.4. The lowest BCUT2D eigenvalue weighted by molar-refractivity contribution is 1.14. The van der Waals surface area contributed by atoms with Crippen LogP contribution in [-0.4, -0.2) is 24.9 Å². The van der Waals surface area contributed by atoms with Crippen LogP contribution in [0.15, 0.2) is 134 Å². The van der Waals surface area contributed by atoms with Gasteiger partial charge in [-0.25, -0.2) is 19.9 Å². The predicted molar refractivity (Wildman–Crippen MR) is 165 cm³/mol. The summed E-state index contributed by atoms with van der Waals surface area (Å²) in [5, 5.41) is 9.57. The topological polar surface area (TPSA) is 88.2 Å². The Labute approximate surface area is 242 Å². The minimum absolute atomic E-state index is 0.454. The van der Waals surface area contributed by atoms with Gasteiger partial charge in [0.2, 0.25) is 0 Å². The van der Waals surface area contributed by atoms with Crippen LogP contribution >= 0.6 is 0 Å². The molecule has 6 heteroatoms. The van der Waals surface area contributed by atoms with Crippen LogP contribution in [0, 0.1) is 11.3 Å². The quantitative estimate of drug-likeness (QED) is 0.220. The zero-order valence-corrected chi connectivity index (χ0v) is 22.4. The first-order valence-corrected chi connectivity index (χ1v) is 13.5. The number of benzene rings is 4. The summed E-state index contributed by atoms with van der Waals surface area (Å²) < 4.78 is 0. The molecule has 6 nitrogen and oxygen atoms in total. The van der Waals surface area contributed by atoms with E-state index < -0.39 is 0 Å². The maximum Gasteiger partial charge on any atom is 0.181 e. The summed E-state index contributed by atoms with van der Waals surface area (Å²) in [5.41, 5.74) is 9.36. The smallest absolute Gasteiger partial charge is 0.181 e. The van der Waals surface area contributed by atoms with E-state index in [4.69, 9.17) is 19.9 Å². The van der Waals surface area contributed by atoms with Gasteiger partial charge in [-0.05, 0) is 42.5 Å². The molecule has 0 atom stereocenters. The van der Waals surface area contributed by atoms with Crippen LogP contribution in [0.4, 0.5) is 0 Å². The highest BCUT2D eigenvalue weighted by atomic mass is 15.0. The van der Waals surface area contributed by atoms with Gasteiger partial charge in [0.05, 0.1) is 39.7 Å². The lowest BCUT2D eigenvalue weighted by Crippen LogP contribution is -2.01. The molecule has 0 fully saturated rings. The number of fused-ring (bicyclic) bond motifs is 1. The summed E-state index contributed by atoms with van der Waals surface area (Å²) in [6.07, 6.45) is 1.79. The van der Waals surface area contributed by atoms with Crippen LogP contribution in [0.25, 0.3) is 67.6 Å². The van der Waals surface area contributed by atoms with Crippen LogP contribution in [0.2, 0.25) is 0 Å². The molecule has 0 aliphatic heterocycles. The van der Waals surface area contributed by atoms with Crippen molar-refractivity contribution in [1.82, 2.24) is 24.9 Å². The van der Waals surface area contributed by atoms with Crippen LogP contribution in [-0.2, 0) is 0 Å². The van der Waals surface area contributed by atoms with E-state index in [1.54, 1.807) is 12.3 Å². The molecule has 0 aliphatic carbocycles. The average Bonchev–Trinajstić information content (AvgIpc) is 3.08. The summed E-state index contributed by atoms with van der Waals surface area (Å²) in [7, 11) is 0. The van der Waals surface area contributed by atoms with Gasteiger partial charge < -0.3 is 0 Å². The molecule has 3 heterocycles. The molecule has 0 saturated carbocycles. The summed E-state index contributed by atoms with van der Waals surface area (Å²) in [5.74, 6) is 0.454. The van der Waals surface area contributed by atoms with Gasteiger partial charge in [0.1, 0.15) is 11.4 Å². The van der Waals surface area contributed by atoms with Gasteiger partial charge in [-0.2, -0.15) is 5.26 Å². The minimum atomic E-state index is 0.454. The Bertz CT molecular complexity index is 2080. The molecule has 0 aliphatic rings. The number of hydrogen-bond donors (Lipinski definition) is 0. The Morgan fingerprint density at radius 1 is 0.452 bits per heavy atom. The maximum absolute atomic E-state index is 9.57.